The van der Waals surface area contributed by atoms with E-state index in [1.54, 1.807) is 6.07 Å². The van der Waals surface area contributed by atoms with E-state index in [1.165, 1.54) is 12.4 Å². The SMILES string of the molecule is O=S1(=O)CCC(COc2ncccn2)C12CN(S(=O)(=O)C(F)(F)F)C2. The van der Waals surface area contributed by atoms with Crippen LogP contribution in [0.3, 0.4) is 0 Å². The molecule has 25 heavy (non-hydrogen) atoms. The van der Waals surface area contributed by atoms with Gasteiger partial charge in [0.05, 0.1) is 12.4 Å². The van der Waals surface area contributed by atoms with Gasteiger partial charge in [0.25, 0.3) is 0 Å². The summed E-state index contributed by atoms with van der Waals surface area (Å²) in [5, 5.41) is 0. The molecule has 0 aromatic carbocycles. The highest BCUT2D eigenvalue weighted by atomic mass is 32.2. The van der Waals surface area contributed by atoms with E-state index < -0.39 is 49.1 Å². The van der Waals surface area contributed by atoms with Gasteiger partial charge in [-0.2, -0.15) is 17.5 Å². The first kappa shape index (κ1) is 18.3. The maximum absolute atomic E-state index is 12.6. The van der Waals surface area contributed by atoms with Gasteiger partial charge in [0, 0.05) is 31.4 Å². The lowest BCUT2D eigenvalue weighted by atomic mass is 9.85. The molecule has 0 bridgehead atoms. The fourth-order valence-electron chi connectivity index (χ4n) is 3.11. The Bertz CT molecular complexity index is 852. The molecule has 2 saturated heterocycles. The summed E-state index contributed by atoms with van der Waals surface area (Å²) in [5.41, 5.74) is -5.46. The normalized spacial score (nSPS) is 25.6. The van der Waals surface area contributed by atoms with Gasteiger partial charge < -0.3 is 4.74 Å². The van der Waals surface area contributed by atoms with E-state index in [4.69, 9.17) is 4.74 Å². The van der Waals surface area contributed by atoms with Crippen LogP contribution in [0.5, 0.6) is 6.01 Å². The highest BCUT2D eigenvalue weighted by Gasteiger charge is 2.67. The van der Waals surface area contributed by atoms with Crippen LogP contribution in [0.1, 0.15) is 6.42 Å². The molecule has 2 fully saturated rings. The molecule has 2 aliphatic rings. The van der Waals surface area contributed by atoms with Crippen molar-refractivity contribution in [3.63, 3.8) is 0 Å². The molecule has 0 saturated carbocycles. The number of sulfonamides is 1. The molecule has 1 unspecified atom stereocenters. The molecule has 8 nitrogen and oxygen atoms in total. The average molecular weight is 401 g/mol. The highest BCUT2D eigenvalue weighted by molar-refractivity contribution is 7.93. The summed E-state index contributed by atoms with van der Waals surface area (Å²) in [7, 11) is -9.28. The van der Waals surface area contributed by atoms with Crippen molar-refractivity contribution in [2.75, 3.05) is 25.4 Å². The minimum atomic E-state index is -5.54. The molecular formula is C12H14F3N3O5S2. The monoisotopic (exact) mass is 401 g/mol. The first-order valence-corrected chi connectivity index (χ1v) is 10.3. The molecule has 0 amide bonds. The summed E-state index contributed by atoms with van der Waals surface area (Å²) in [4.78, 5) is 7.63. The minimum absolute atomic E-state index is 0.0149. The largest absolute Gasteiger partial charge is 0.511 e. The predicted molar refractivity (Wildman–Crippen MR) is 78.7 cm³/mol. The van der Waals surface area contributed by atoms with Crippen molar-refractivity contribution in [1.82, 2.24) is 14.3 Å². The number of sulfone groups is 1. The van der Waals surface area contributed by atoms with Crippen LogP contribution in [-0.4, -0.2) is 66.8 Å². The predicted octanol–water partition coefficient (Wildman–Crippen LogP) is 0.194. The fraction of sp³-hybridized carbons (Fsp3) is 0.667. The molecule has 3 heterocycles. The zero-order chi connectivity index (χ0) is 18.5. The van der Waals surface area contributed by atoms with E-state index in [1.807, 2.05) is 0 Å². The van der Waals surface area contributed by atoms with Gasteiger partial charge in [-0.1, -0.05) is 0 Å². The topological polar surface area (TPSA) is 107 Å². The van der Waals surface area contributed by atoms with Crippen molar-refractivity contribution in [3.8, 4) is 6.01 Å². The van der Waals surface area contributed by atoms with Crippen molar-refractivity contribution >= 4 is 19.9 Å². The standard InChI is InChI=1S/C12H14F3N3O5S2/c13-12(14,15)25(21,22)18-7-11(8-18)9(2-5-24(11,19)20)6-23-10-16-3-1-4-17-10/h1,3-4,9H,2,5-8H2. The van der Waals surface area contributed by atoms with E-state index in [2.05, 4.69) is 9.97 Å². The number of ether oxygens (including phenoxy) is 1. The highest BCUT2D eigenvalue weighted by Crippen LogP contribution is 2.47. The van der Waals surface area contributed by atoms with E-state index in [9.17, 15) is 30.0 Å². The van der Waals surface area contributed by atoms with E-state index in [0.717, 1.165) is 0 Å². The lowest BCUT2D eigenvalue weighted by Crippen LogP contribution is -2.70. The maximum atomic E-state index is 12.6. The Morgan fingerprint density at radius 1 is 1.28 bits per heavy atom. The van der Waals surface area contributed by atoms with E-state index >= 15 is 0 Å². The molecule has 0 aliphatic carbocycles. The number of aromatic nitrogens is 2. The summed E-state index contributed by atoms with van der Waals surface area (Å²) >= 11 is 0. The number of halogens is 3. The van der Waals surface area contributed by atoms with Crippen molar-refractivity contribution in [3.05, 3.63) is 18.5 Å². The molecule has 3 rings (SSSR count). The van der Waals surface area contributed by atoms with Gasteiger partial charge in [0.1, 0.15) is 4.75 Å². The second-order valence-electron chi connectivity index (χ2n) is 5.93. The summed E-state index contributed by atoms with van der Waals surface area (Å²) in [6.07, 6.45) is 3.02. The van der Waals surface area contributed by atoms with Crippen LogP contribution in [0.25, 0.3) is 0 Å². The molecular weight excluding hydrogens is 387 g/mol. The van der Waals surface area contributed by atoms with Gasteiger partial charge in [-0.25, -0.2) is 26.8 Å². The third-order valence-electron chi connectivity index (χ3n) is 4.57. The second kappa shape index (κ2) is 5.77. The molecule has 2 aliphatic heterocycles. The Morgan fingerprint density at radius 3 is 2.44 bits per heavy atom. The minimum Gasteiger partial charge on any atom is -0.463 e. The molecule has 1 spiro atoms. The zero-order valence-corrected chi connectivity index (χ0v) is 14.3. The van der Waals surface area contributed by atoms with Crippen molar-refractivity contribution in [2.45, 2.75) is 16.7 Å². The molecule has 13 heteroatoms. The van der Waals surface area contributed by atoms with Gasteiger partial charge in [0.15, 0.2) is 9.84 Å². The summed E-state index contributed by atoms with van der Waals surface area (Å²) in [6, 6.07) is 1.57. The summed E-state index contributed by atoms with van der Waals surface area (Å²) in [6.45, 7) is -1.56. The van der Waals surface area contributed by atoms with Crippen LogP contribution >= 0.6 is 0 Å². The smallest absolute Gasteiger partial charge is 0.463 e. The second-order valence-corrected chi connectivity index (χ2v) is 10.3. The number of hydrogen-bond donors (Lipinski definition) is 0. The summed E-state index contributed by atoms with van der Waals surface area (Å²) < 4.78 is 89.3. The van der Waals surface area contributed by atoms with Crippen LogP contribution in [0, 0.1) is 5.92 Å². The molecule has 1 atom stereocenters. The van der Waals surface area contributed by atoms with Gasteiger partial charge >= 0.3 is 21.5 Å². The molecule has 1 aromatic rings. The van der Waals surface area contributed by atoms with Crippen LogP contribution in [0.15, 0.2) is 18.5 Å². The van der Waals surface area contributed by atoms with Crippen molar-refractivity contribution < 1.29 is 34.7 Å². The Morgan fingerprint density at radius 2 is 1.88 bits per heavy atom. The van der Waals surface area contributed by atoms with Gasteiger partial charge in [-0.3, -0.25) is 0 Å². The molecule has 140 valence electrons. The lowest BCUT2D eigenvalue weighted by Gasteiger charge is -2.48. The molecule has 0 radical (unpaired) electrons. The first-order valence-electron chi connectivity index (χ1n) is 7.18. The van der Waals surface area contributed by atoms with Gasteiger partial charge in [0.2, 0.25) is 0 Å². The Kier molecular flexibility index (Phi) is 4.23. The number of alkyl halides is 3. The molecule has 0 N–H and O–H groups in total. The molecule has 1 aromatic heterocycles. The number of hydrogen-bond acceptors (Lipinski definition) is 7. The third kappa shape index (κ3) is 2.87. The van der Waals surface area contributed by atoms with Crippen LogP contribution in [0.4, 0.5) is 13.2 Å². The van der Waals surface area contributed by atoms with Crippen molar-refractivity contribution in [2.24, 2.45) is 5.92 Å². The van der Waals surface area contributed by atoms with E-state index in [0.29, 0.717) is 0 Å². The third-order valence-corrected chi connectivity index (χ3v) is 8.70. The van der Waals surface area contributed by atoms with Gasteiger partial charge in [-0.15, -0.1) is 0 Å². The van der Waals surface area contributed by atoms with Crippen LogP contribution in [-0.2, 0) is 19.9 Å². The van der Waals surface area contributed by atoms with Crippen molar-refractivity contribution in [1.29, 1.82) is 0 Å². The Balaban J connectivity index is 1.77. The van der Waals surface area contributed by atoms with Crippen LogP contribution < -0.4 is 4.74 Å². The number of rotatable bonds is 4. The van der Waals surface area contributed by atoms with Gasteiger partial charge in [-0.05, 0) is 12.5 Å². The lowest BCUT2D eigenvalue weighted by molar-refractivity contribution is -0.0527. The average Bonchev–Trinajstić information content (AvgIpc) is 2.74. The Labute approximate surface area is 142 Å². The quantitative estimate of drug-likeness (QED) is 0.709. The van der Waals surface area contributed by atoms with E-state index in [-0.39, 0.29) is 29.1 Å². The zero-order valence-electron chi connectivity index (χ0n) is 12.7. The summed E-state index contributed by atoms with van der Waals surface area (Å²) in [5.74, 6) is -0.864. The fourth-order valence-corrected chi connectivity index (χ4v) is 6.77. The number of nitrogens with zero attached hydrogens (tertiary/aromatic N) is 3. The Hall–Kier alpha value is -1.47. The first-order chi connectivity index (χ1) is 11.5. The van der Waals surface area contributed by atoms with Crippen LogP contribution in [0.2, 0.25) is 0 Å². The maximum Gasteiger partial charge on any atom is 0.511 e.